The van der Waals surface area contributed by atoms with Crippen LogP contribution in [0.2, 0.25) is 0 Å². The molecular formula is C20H21FN4O2S2. The number of carbonyl (C=O) groups is 1. The molecule has 0 spiro atoms. The molecule has 1 heterocycles. The van der Waals surface area contributed by atoms with Gasteiger partial charge >= 0.3 is 0 Å². The zero-order chi connectivity index (χ0) is 20.6. The Morgan fingerprint density at radius 2 is 1.83 bits per heavy atom. The van der Waals surface area contributed by atoms with Crippen LogP contribution in [0.15, 0.2) is 53.7 Å². The van der Waals surface area contributed by atoms with E-state index in [1.165, 1.54) is 23.9 Å². The number of hydrogen-bond donors (Lipinski definition) is 1. The summed E-state index contributed by atoms with van der Waals surface area (Å²) in [6.07, 6.45) is 0. The lowest BCUT2D eigenvalue weighted by molar-refractivity contribution is -0.113. The van der Waals surface area contributed by atoms with E-state index in [1.54, 1.807) is 55.3 Å². The van der Waals surface area contributed by atoms with Crippen LogP contribution in [0.4, 0.5) is 10.1 Å². The molecule has 6 nitrogen and oxygen atoms in total. The molecule has 0 aliphatic carbocycles. The zero-order valence-corrected chi connectivity index (χ0v) is 17.7. The minimum absolute atomic E-state index is 0.115. The summed E-state index contributed by atoms with van der Waals surface area (Å²) >= 11 is 3.01. The highest BCUT2D eigenvalue weighted by molar-refractivity contribution is 7.99. The van der Waals surface area contributed by atoms with Crippen LogP contribution in [0.25, 0.3) is 0 Å². The van der Waals surface area contributed by atoms with Crippen LogP contribution in [0.3, 0.4) is 0 Å². The second kappa shape index (κ2) is 10.3. The molecule has 1 aromatic heterocycles. The summed E-state index contributed by atoms with van der Waals surface area (Å²) in [7, 11) is 3.48. The summed E-state index contributed by atoms with van der Waals surface area (Å²) in [4.78, 5) is 12.2. The Morgan fingerprint density at radius 1 is 1.10 bits per heavy atom. The van der Waals surface area contributed by atoms with Crippen molar-refractivity contribution in [2.45, 2.75) is 16.7 Å². The van der Waals surface area contributed by atoms with Crippen molar-refractivity contribution in [3.63, 3.8) is 0 Å². The number of ether oxygens (including phenoxy) is 1. The predicted octanol–water partition coefficient (Wildman–Crippen LogP) is 4.13. The molecule has 0 bridgehead atoms. The number of nitrogens with zero attached hydrogens (tertiary/aromatic N) is 3. The molecule has 29 heavy (non-hydrogen) atoms. The van der Waals surface area contributed by atoms with Gasteiger partial charge in [0.15, 0.2) is 5.16 Å². The van der Waals surface area contributed by atoms with E-state index in [0.29, 0.717) is 16.6 Å². The Balaban J connectivity index is 1.45. The monoisotopic (exact) mass is 432 g/mol. The van der Waals surface area contributed by atoms with Crippen molar-refractivity contribution in [1.82, 2.24) is 14.8 Å². The van der Waals surface area contributed by atoms with Gasteiger partial charge in [-0.05, 0) is 42.0 Å². The van der Waals surface area contributed by atoms with Crippen molar-refractivity contribution in [3.05, 3.63) is 65.7 Å². The average Bonchev–Trinajstić information content (AvgIpc) is 3.08. The molecule has 152 valence electrons. The summed E-state index contributed by atoms with van der Waals surface area (Å²) in [6, 6.07) is 13.7. The number of benzene rings is 2. The fraction of sp³-hybridized carbons (Fsp3) is 0.250. The number of carbonyl (C=O) groups excluding carboxylic acids is 1. The summed E-state index contributed by atoms with van der Waals surface area (Å²) in [6.45, 7) is 0. The van der Waals surface area contributed by atoms with Crippen LogP contribution in [0.1, 0.15) is 11.4 Å². The molecule has 0 atom stereocenters. The lowest BCUT2D eigenvalue weighted by atomic mass is 10.2. The first kappa shape index (κ1) is 21.2. The topological polar surface area (TPSA) is 69.0 Å². The number of rotatable bonds is 9. The number of amides is 1. The molecule has 1 N–H and O–H groups in total. The molecule has 0 fully saturated rings. The maximum atomic E-state index is 12.9. The van der Waals surface area contributed by atoms with Gasteiger partial charge in [0, 0.05) is 18.5 Å². The van der Waals surface area contributed by atoms with Gasteiger partial charge in [-0.15, -0.1) is 22.0 Å². The van der Waals surface area contributed by atoms with Crippen molar-refractivity contribution in [1.29, 1.82) is 0 Å². The first-order valence-corrected chi connectivity index (χ1v) is 11.0. The van der Waals surface area contributed by atoms with Gasteiger partial charge in [0.25, 0.3) is 0 Å². The second-order valence-electron chi connectivity index (χ2n) is 6.14. The smallest absolute Gasteiger partial charge is 0.234 e. The number of anilines is 1. The lowest BCUT2D eigenvalue weighted by Crippen LogP contribution is -2.14. The predicted molar refractivity (Wildman–Crippen MR) is 115 cm³/mol. The van der Waals surface area contributed by atoms with Crippen LogP contribution < -0.4 is 10.1 Å². The van der Waals surface area contributed by atoms with Gasteiger partial charge in [-0.25, -0.2) is 4.39 Å². The molecule has 1 amide bonds. The van der Waals surface area contributed by atoms with Crippen LogP contribution in [0, 0.1) is 5.82 Å². The largest absolute Gasteiger partial charge is 0.497 e. The number of thioether (sulfide) groups is 2. The van der Waals surface area contributed by atoms with Gasteiger partial charge in [-0.2, -0.15) is 0 Å². The fourth-order valence-corrected chi connectivity index (χ4v) is 4.13. The summed E-state index contributed by atoms with van der Waals surface area (Å²) in [5.74, 6) is 2.90. The Hall–Kier alpha value is -2.52. The van der Waals surface area contributed by atoms with E-state index in [4.69, 9.17) is 4.74 Å². The maximum Gasteiger partial charge on any atom is 0.234 e. The van der Waals surface area contributed by atoms with Gasteiger partial charge in [0.2, 0.25) is 5.91 Å². The van der Waals surface area contributed by atoms with E-state index >= 15 is 0 Å². The first-order chi connectivity index (χ1) is 14.0. The highest BCUT2D eigenvalue weighted by atomic mass is 32.2. The molecule has 0 saturated carbocycles. The van der Waals surface area contributed by atoms with E-state index < -0.39 is 0 Å². The molecule has 0 saturated heterocycles. The van der Waals surface area contributed by atoms with E-state index in [0.717, 1.165) is 22.9 Å². The van der Waals surface area contributed by atoms with Crippen LogP contribution in [-0.2, 0) is 23.3 Å². The van der Waals surface area contributed by atoms with Crippen molar-refractivity contribution >= 4 is 35.1 Å². The van der Waals surface area contributed by atoms with Crippen molar-refractivity contribution in [2.75, 3.05) is 18.2 Å². The van der Waals surface area contributed by atoms with Crippen LogP contribution in [-0.4, -0.2) is 33.5 Å². The van der Waals surface area contributed by atoms with E-state index in [1.807, 2.05) is 11.6 Å². The van der Waals surface area contributed by atoms with Crippen molar-refractivity contribution in [3.8, 4) is 5.75 Å². The summed E-state index contributed by atoms with van der Waals surface area (Å²) < 4.78 is 19.9. The molecule has 2 aromatic carbocycles. The minimum atomic E-state index is -0.232. The van der Waals surface area contributed by atoms with Crippen molar-refractivity contribution in [2.24, 2.45) is 7.05 Å². The van der Waals surface area contributed by atoms with Gasteiger partial charge in [0.1, 0.15) is 17.4 Å². The third kappa shape index (κ3) is 6.23. The maximum absolute atomic E-state index is 12.9. The Morgan fingerprint density at radius 3 is 2.52 bits per heavy atom. The van der Waals surface area contributed by atoms with Gasteiger partial charge in [0.05, 0.1) is 18.6 Å². The zero-order valence-electron chi connectivity index (χ0n) is 16.1. The molecule has 0 radical (unpaired) electrons. The van der Waals surface area contributed by atoms with Crippen LogP contribution in [0.5, 0.6) is 5.75 Å². The molecule has 0 aliphatic heterocycles. The molecule has 9 heteroatoms. The van der Waals surface area contributed by atoms with E-state index in [9.17, 15) is 9.18 Å². The fourth-order valence-electron chi connectivity index (χ4n) is 2.44. The number of halogens is 1. The molecule has 0 unspecified atom stereocenters. The quantitative estimate of drug-likeness (QED) is 0.513. The number of hydrogen-bond acceptors (Lipinski definition) is 6. The number of methoxy groups -OCH3 is 1. The van der Waals surface area contributed by atoms with Gasteiger partial charge < -0.3 is 14.6 Å². The van der Waals surface area contributed by atoms with Gasteiger partial charge in [-0.1, -0.05) is 23.9 Å². The number of aromatic nitrogens is 3. The normalized spacial score (nSPS) is 10.7. The lowest BCUT2D eigenvalue weighted by Gasteiger charge is -2.06. The summed E-state index contributed by atoms with van der Waals surface area (Å²) in [5, 5.41) is 11.9. The average molecular weight is 433 g/mol. The highest BCUT2D eigenvalue weighted by Crippen LogP contribution is 2.21. The third-order valence-corrected chi connectivity index (χ3v) is 6.06. The first-order valence-electron chi connectivity index (χ1n) is 8.82. The van der Waals surface area contributed by atoms with Gasteiger partial charge in [-0.3, -0.25) is 4.79 Å². The second-order valence-corrected chi connectivity index (χ2v) is 8.07. The number of nitrogens with one attached hydrogen (secondary N) is 1. The standard InChI is InChI=1S/C20H21FN4O2S2/c1-25-18(12-28-11-14-3-5-15(21)6-4-14)23-24-20(25)29-13-19(26)22-16-7-9-17(27-2)10-8-16/h3-10H,11-13H2,1-2H3,(H,22,26). The third-order valence-electron chi connectivity index (χ3n) is 4.04. The minimum Gasteiger partial charge on any atom is -0.497 e. The SMILES string of the molecule is COc1ccc(NC(=O)CSc2nnc(CSCc3ccc(F)cc3)n2C)cc1. The Bertz CT molecular complexity index is 946. The molecule has 3 aromatic rings. The summed E-state index contributed by atoms with van der Waals surface area (Å²) in [5.41, 5.74) is 1.77. The van der Waals surface area contributed by atoms with E-state index in [2.05, 4.69) is 15.5 Å². The molecule has 0 aliphatic rings. The molecule has 3 rings (SSSR count). The Kier molecular flexibility index (Phi) is 7.54. The van der Waals surface area contributed by atoms with Crippen LogP contribution >= 0.6 is 23.5 Å². The Labute approximate surface area is 177 Å². The van der Waals surface area contributed by atoms with E-state index in [-0.39, 0.29) is 17.5 Å². The molecular weight excluding hydrogens is 411 g/mol. The highest BCUT2D eigenvalue weighted by Gasteiger charge is 2.12. The van der Waals surface area contributed by atoms with Crippen molar-refractivity contribution < 1.29 is 13.9 Å².